The molecule has 0 radical (unpaired) electrons. The second kappa shape index (κ2) is 7.55. The zero-order chi connectivity index (χ0) is 16.8. The average molecular weight is 316 g/mol. The Morgan fingerprint density at radius 1 is 1.00 bits per heavy atom. The molecule has 3 nitrogen and oxygen atoms in total. The second-order valence-electron chi connectivity index (χ2n) is 5.71. The first-order valence-electron chi connectivity index (χ1n) is 8.14. The standard InChI is InChI=1S/C21H20N2O/c1-2-16-8-10-18(11-9-16)15-19(14-17-6-4-3-5-7-17)21-22-13-12-20(24)23-21/h3-13,15H,2,14H2,1H3,(H,22,23,24). The highest BCUT2D eigenvalue weighted by molar-refractivity contribution is 5.79. The minimum absolute atomic E-state index is 0.139. The van der Waals surface area contributed by atoms with Crippen LogP contribution in [0, 0.1) is 0 Å². The van der Waals surface area contributed by atoms with E-state index in [9.17, 15) is 4.79 Å². The molecule has 0 aliphatic carbocycles. The molecule has 0 atom stereocenters. The molecule has 2 aromatic carbocycles. The van der Waals surface area contributed by atoms with Gasteiger partial charge in [-0.05, 0) is 34.8 Å². The first-order valence-corrected chi connectivity index (χ1v) is 8.14. The number of allylic oxidation sites excluding steroid dienone is 1. The lowest BCUT2D eigenvalue weighted by Gasteiger charge is -2.08. The molecule has 0 aliphatic rings. The Morgan fingerprint density at radius 3 is 2.42 bits per heavy atom. The molecule has 0 bridgehead atoms. The predicted molar refractivity (Wildman–Crippen MR) is 98.7 cm³/mol. The molecule has 0 unspecified atom stereocenters. The molecule has 1 aromatic heterocycles. The van der Waals surface area contributed by atoms with Crippen molar-refractivity contribution in [2.45, 2.75) is 19.8 Å². The molecule has 0 amide bonds. The lowest BCUT2D eigenvalue weighted by molar-refractivity contribution is 1.05. The average Bonchev–Trinajstić information content (AvgIpc) is 2.63. The van der Waals surface area contributed by atoms with Crippen molar-refractivity contribution in [3.05, 3.63) is 99.7 Å². The highest BCUT2D eigenvalue weighted by atomic mass is 16.1. The highest BCUT2D eigenvalue weighted by Crippen LogP contribution is 2.20. The molecule has 0 aliphatic heterocycles. The Labute approximate surface area is 141 Å². The van der Waals surface area contributed by atoms with E-state index in [0.29, 0.717) is 12.2 Å². The van der Waals surface area contributed by atoms with Crippen LogP contribution in [0.2, 0.25) is 0 Å². The zero-order valence-corrected chi connectivity index (χ0v) is 13.7. The van der Waals surface area contributed by atoms with Crippen molar-refractivity contribution in [2.75, 3.05) is 0 Å². The summed E-state index contributed by atoms with van der Waals surface area (Å²) in [6.45, 7) is 2.14. The smallest absolute Gasteiger partial charge is 0.251 e. The lowest BCUT2D eigenvalue weighted by Crippen LogP contribution is -2.09. The van der Waals surface area contributed by atoms with Crippen molar-refractivity contribution < 1.29 is 0 Å². The summed E-state index contributed by atoms with van der Waals surface area (Å²) in [5.41, 5.74) is 4.44. The third-order valence-corrected chi connectivity index (χ3v) is 3.94. The maximum atomic E-state index is 11.7. The third kappa shape index (κ3) is 4.07. The van der Waals surface area contributed by atoms with Gasteiger partial charge in [-0.2, -0.15) is 0 Å². The molecule has 120 valence electrons. The Hall–Kier alpha value is -2.94. The van der Waals surface area contributed by atoms with E-state index < -0.39 is 0 Å². The van der Waals surface area contributed by atoms with Gasteiger partial charge in [0.05, 0.1) is 0 Å². The number of benzene rings is 2. The quantitative estimate of drug-likeness (QED) is 0.770. The summed E-state index contributed by atoms with van der Waals surface area (Å²) in [4.78, 5) is 18.8. The maximum absolute atomic E-state index is 11.7. The van der Waals surface area contributed by atoms with Gasteiger partial charge in [-0.1, -0.05) is 61.5 Å². The second-order valence-corrected chi connectivity index (χ2v) is 5.71. The summed E-state index contributed by atoms with van der Waals surface area (Å²) >= 11 is 0. The molecule has 3 aromatic rings. The topological polar surface area (TPSA) is 45.8 Å². The number of rotatable bonds is 5. The zero-order valence-electron chi connectivity index (χ0n) is 13.7. The normalized spacial score (nSPS) is 11.5. The molecule has 3 rings (SSSR count). The first-order chi connectivity index (χ1) is 11.7. The molecule has 0 saturated carbocycles. The van der Waals surface area contributed by atoms with Crippen LogP contribution < -0.4 is 5.56 Å². The number of hydrogen-bond acceptors (Lipinski definition) is 2. The highest BCUT2D eigenvalue weighted by Gasteiger charge is 2.06. The van der Waals surface area contributed by atoms with E-state index in [-0.39, 0.29) is 5.56 Å². The summed E-state index contributed by atoms with van der Waals surface area (Å²) in [6, 6.07) is 20.1. The van der Waals surface area contributed by atoms with Gasteiger partial charge in [-0.25, -0.2) is 4.98 Å². The molecule has 0 saturated heterocycles. The number of H-pyrrole nitrogens is 1. The Bertz CT molecular complexity index is 877. The maximum Gasteiger partial charge on any atom is 0.251 e. The van der Waals surface area contributed by atoms with Crippen molar-refractivity contribution in [3.8, 4) is 0 Å². The van der Waals surface area contributed by atoms with Crippen LogP contribution in [0.1, 0.15) is 29.4 Å². The van der Waals surface area contributed by atoms with E-state index in [1.54, 1.807) is 6.20 Å². The number of aromatic amines is 1. The lowest BCUT2D eigenvalue weighted by atomic mass is 10.0. The van der Waals surface area contributed by atoms with Crippen LogP contribution in [0.15, 0.2) is 71.7 Å². The van der Waals surface area contributed by atoms with Crippen molar-refractivity contribution in [2.24, 2.45) is 0 Å². The van der Waals surface area contributed by atoms with E-state index in [0.717, 1.165) is 17.6 Å². The number of nitrogens with zero attached hydrogens (tertiary/aromatic N) is 1. The van der Waals surface area contributed by atoms with E-state index in [1.807, 2.05) is 18.2 Å². The van der Waals surface area contributed by atoms with Gasteiger partial charge in [0.15, 0.2) is 0 Å². The first kappa shape index (κ1) is 15.9. The van der Waals surface area contributed by atoms with Crippen LogP contribution in [0.3, 0.4) is 0 Å². The van der Waals surface area contributed by atoms with Crippen LogP contribution >= 0.6 is 0 Å². The van der Waals surface area contributed by atoms with E-state index in [2.05, 4.69) is 59.4 Å². The van der Waals surface area contributed by atoms with E-state index in [1.165, 1.54) is 17.2 Å². The summed E-state index contributed by atoms with van der Waals surface area (Å²) in [6.07, 6.45) is 5.37. The molecular formula is C21H20N2O. The molecule has 3 heteroatoms. The van der Waals surface area contributed by atoms with Crippen LogP contribution in [-0.4, -0.2) is 9.97 Å². The molecule has 1 heterocycles. The summed E-state index contributed by atoms with van der Waals surface area (Å²) in [7, 11) is 0. The molecule has 24 heavy (non-hydrogen) atoms. The van der Waals surface area contributed by atoms with Gasteiger partial charge in [0.2, 0.25) is 0 Å². The predicted octanol–water partition coefficient (Wildman–Crippen LogP) is 4.12. The number of hydrogen-bond donors (Lipinski definition) is 1. The molecule has 0 spiro atoms. The largest absolute Gasteiger partial charge is 0.307 e. The van der Waals surface area contributed by atoms with Crippen molar-refractivity contribution in [1.82, 2.24) is 9.97 Å². The third-order valence-electron chi connectivity index (χ3n) is 3.94. The van der Waals surface area contributed by atoms with Crippen LogP contribution in [0.25, 0.3) is 11.6 Å². The summed E-state index contributed by atoms with van der Waals surface area (Å²) in [5, 5.41) is 0. The fraction of sp³-hybridized carbons (Fsp3) is 0.143. The van der Waals surface area contributed by atoms with Crippen LogP contribution in [0.5, 0.6) is 0 Å². The Morgan fingerprint density at radius 2 is 1.75 bits per heavy atom. The van der Waals surface area contributed by atoms with E-state index >= 15 is 0 Å². The minimum atomic E-state index is -0.139. The van der Waals surface area contributed by atoms with Crippen molar-refractivity contribution in [1.29, 1.82) is 0 Å². The van der Waals surface area contributed by atoms with Gasteiger partial charge in [0.1, 0.15) is 5.82 Å². The fourth-order valence-electron chi connectivity index (χ4n) is 2.60. The van der Waals surface area contributed by atoms with Gasteiger partial charge in [0, 0.05) is 18.7 Å². The van der Waals surface area contributed by atoms with Crippen molar-refractivity contribution in [3.63, 3.8) is 0 Å². The SMILES string of the molecule is CCc1ccc(C=C(Cc2ccccc2)c2nccc(=O)[nH]2)cc1. The Kier molecular flexibility index (Phi) is 5.02. The molecule has 1 N–H and O–H groups in total. The summed E-state index contributed by atoms with van der Waals surface area (Å²) in [5.74, 6) is 0.617. The monoisotopic (exact) mass is 316 g/mol. The summed E-state index contributed by atoms with van der Waals surface area (Å²) < 4.78 is 0. The number of aromatic nitrogens is 2. The van der Waals surface area contributed by atoms with Gasteiger partial charge in [-0.15, -0.1) is 0 Å². The number of aryl methyl sites for hydroxylation is 1. The number of nitrogens with one attached hydrogen (secondary N) is 1. The van der Waals surface area contributed by atoms with E-state index in [4.69, 9.17) is 0 Å². The van der Waals surface area contributed by atoms with Crippen LogP contribution in [0.4, 0.5) is 0 Å². The molecule has 0 fully saturated rings. The molecular weight excluding hydrogens is 296 g/mol. The van der Waals surface area contributed by atoms with Gasteiger partial charge >= 0.3 is 0 Å². The minimum Gasteiger partial charge on any atom is -0.307 e. The van der Waals surface area contributed by atoms with Gasteiger partial charge in [0.25, 0.3) is 5.56 Å². The van der Waals surface area contributed by atoms with Crippen molar-refractivity contribution >= 4 is 11.6 Å². The van der Waals surface area contributed by atoms with Crippen LogP contribution in [-0.2, 0) is 12.8 Å². The Balaban J connectivity index is 2.00. The fourth-order valence-corrected chi connectivity index (χ4v) is 2.60. The van der Waals surface area contributed by atoms with Gasteiger partial charge in [-0.3, -0.25) is 4.79 Å². The van der Waals surface area contributed by atoms with Gasteiger partial charge < -0.3 is 4.98 Å².